The van der Waals surface area contributed by atoms with Crippen LogP contribution in [0.5, 0.6) is 11.5 Å². The molecule has 2 rings (SSSR count). The number of hydrogen-bond acceptors (Lipinski definition) is 5. The predicted octanol–water partition coefficient (Wildman–Crippen LogP) is 3.61. The lowest BCUT2D eigenvalue weighted by molar-refractivity contribution is -0.125. The van der Waals surface area contributed by atoms with Crippen molar-refractivity contribution in [2.75, 3.05) is 20.2 Å². The summed E-state index contributed by atoms with van der Waals surface area (Å²) in [7, 11) is 1.60. The van der Waals surface area contributed by atoms with Gasteiger partial charge in [-0.2, -0.15) is 0 Å². The molecule has 1 amide bonds. The van der Waals surface area contributed by atoms with Crippen LogP contribution >= 0.6 is 11.3 Å². The van der Waals surface area contributed by atoms with Crippen LogP contribution in [-0.2, 0) is 11.4 Å². The van der Waals surface area contributed by atoms with Crippen molar-refractivity contribution in [1.29, 1.82) is 0 Å². The van der Waals surface area contributed by atoms with Gasteiger partial charge in [0.25, 0.3) is 0 Å². The number of benzene rings is 1. The molecule has 0 atom stereocenters. The van der Waals surface area contributed by atoms with Gasteiger partial charge in [0, 0.05) is 24.5 Å². The second kappa shape index (κ2) is 9.08. The number of thiazole rings is 1. The molecule has 0 N–H and O–H groups in total. The van der Waals surface area contributed by atoms with E-state index in [1.807, 2.05) is 37.4 Å². The number of aromatic nitrogens is 1. The number of rotatable bonds is 8. The molecule has 1 aromatic heterocycles. The third kappa shape index (κ3) is 4.83. The van der Waals surface area contributed by atoms with E-state index in [1.54, 1.807) is 29.7 Å². The normalized spacial score (nSPS) is 10.8. The van der Waals surface area contributed by atoms with E-state index in [4.69, 9.17) is 9.47 Å². The Bertz CT molecular complexity index is 680. The average molecular weight is 346 g/mol. The van der Waals surface area contributed by atoms with Crippen LogP contribution in [0.4, 0.5) is 0 Å². The minimum absolute atomic E-state index is 0.00262. The molecule has 5 nitrogen and oxygen atoms in total. The van der Waals surface area contributed by atoms with Crippen LogP contribution in [0, 0.1) is 0 Å². The Kier molecular flexibility index (Phi) is 6.81. The average Bonchev–Trinajstić information content (AvgIpc) is 3.13. The molecule has 0 spiro atoms. The van der Waals surface area contributed by atoms with Gasteiger partial charge in [-0.15, -0.1) is 11.3 Å². The molecule has 0 fully saturated rings. The zero-order chi connectivity index (χ0) is 17.4. The maximum atomic E-state index is 12.0. The highest BCUT2D eigenvalue weighted by molar-refractivity contribution is 7.07. The van der Waals surface area contributed by atoms with Crippen molar-refractivity contribution in [2.24, 2.45) is 0 Å². The lowest BCUT2D eigenvalue weighted by Crippen LogP contribution is -2.28. The van der Waals surface area contributed by atoms with E-state index in [1.165, 1.54) is 11.3 Å². The number of carbonyl (C=O) groups is 1. The molecular formula is C18H22N2O3S. The van der Waals surface area contributed by atoms with Crippen molar-refractivity contribution in [3.05, 3.63) is 46.4 Å². The minimum atomic E-state index is 0.00262. The maximum Gasteiger partial charge on any atom is 0.246 e. The van der Waals surface area contributed by atoms with Crippen LogP contribution in [0.2, 0.25) is 0 Å². The molecular weight excluding hydrogens is 324 g/mol. The lowest BCUT2D eigenvalue weighted by atomic mass is 10.2. The molecule has 0 aliphatic heterocycles. The Morgan fingerprint density at radius 2 is 2.08 bits per heavy atom. The van der Waals surface area contributed by atoms with E-state index in [-0.39, 0.29) is 5.91 Å². The van der Waals surface area contributed by atoms with Crippen molar-refractivity contribution in [1.82, 2.24) is 9.88 Å². The van der Waals surface area contributed by atoms with Crippen LogP contribution in [0.25, 0.3) is 6.08 Å². The SMILES string of the molecule is CCN(CC)C(=O)/C=C/c1ccc(OCc2cscn2)c(OC)c1. The van der Waals surface area contributed by atoms with Crippen LogP contribution < -0.4 is 9.47 Å². The predicted molar refractivity (Wildman–Crippen MR) is 96.4 cm³/mol. The van der Waals surface area contributed by atoms with Crippen molar-refractivity contribution in [3.63, 3.8) is 0 Å². The molecule has 6 heteroatoms. The molecule has 0 bridgehead atoms. The highest BCUT2D eigenvalue weighted by Gasteiger charge is 2.08. The maximum absolute atomic E-state index is 12.0. The van der Waals surface area contributed by atoms with Crippen LogP contribution in [0.1, 0.15) is 25.1 Å². The minimum Gasteiger partial charge on any atom is -0.493 e. The number of ether oxygens (including phenoxy) is 2. The molecule has 0 saturated carbocycles. The van der Waals surface area contributed by atoms with E-state index >= 15 is 0 Å². The number of likely N-dealkylation sites (N-methyl/N-ethyl adjacent to an activating group) is 1. The van der Waals surface area contributed by atoms with Gasteiger partial charge in [0.05, 0.1) is 18.3 Å². The second-order valence-electron chi connectivity index (χ2n) is 5.02. The van der Waals surface area contributed by atoms with Gasteiger partial charge in [-0.1, -0.05) is 6.07 Å². The molecule has 0 unspecified atom stereocenters. The molecule has 0 radical (unpaired) electrons. The zero-order valence-electron chi connectivity index (χ0n) is 14.2. The standard InChI is InChI=1S/C18H22N2O3S/c1-4-20(5-2)18(21)9-7-14-6-8-16(17(10-14)22-3)23-11-15-12-24-13-19-15/h6-10,12-13H,4-5,11H2,1-3H3/b9-7+. The van der Waals surface area contributed by atoms with Gasteiger partial charge in [-0.05, 0) is 37.6 Å². The third-order valence-corrected chi connectivity index (χ3v) is 4.18. The van der Waals surface area contributed by atoms with E-state index < -0.39 is 0 Å². The van der Waals surface area contributed by atoms with Crippen molar-refractivity contribution in [3.8, 4) is 11.5 Å². The summed E-state index contributed by atoms with van der Waals surface area (Å²) in [6, 6.07) is 5.58. The first-order valence-corrected chi connectivity index (χ1v) is 8.77. The number of carbonyl (C=O) groups excluding carboxylic acids is 1. The fraction of sp³-hybridized carbons (Fsp3) is 0.333. The Hall–Kier alpha value is -2.34. The Morgan fingerprint density at radius 1 is 1.29 bits per heavy atom. The quantitative estimate of drug-likeness (QED) is 0.685. The van der Waals surface area contributed by atoms with E-state index in [0.29, 0.717) is 31.2 Å². The first kappa shape index (κ1) is 18.0. The Morgan fingerprint density at radius 3 is 2.71 bits per heavy atom. The monoisotopic (exact) mass is 346 g/mol. The fourth-order valence-electron chi connectivity index (χ4n) is 2.18. The molecule has 1 aromatic carbocycles. The summed E-state index contributed by atoms with van der Waals surface area (Å²) in [4.78, 5) is 18.0. The molecule has 0 aliphatic rings. The van der Waals surface area contributed by atoms with Gasteiger partial charge in [0.2, 0.25) is 5.91 Å². The molecule has 0 saturated heterocycles. The summed E-state index contributed by atoms with van der Waals surface area (Å²) in [6.07, 6.45) is 3.37. The summed E-state index contributed by atoms with van der Waals surface area (Å²) < 4.78 is 11.1. The van der Waals surface area contributed by atoms with Crippen molar-refractivity contribution >= 4 is 23.3 Å². The Labute approximate surface area is 146 Å². The number of amides is 1. The number of hydrogen-bond donors (Lipinski definition) is 0. The van der Waals surface area contributed by atoms with E-state index in [9.17, 15) is 4.79 Å². The van der Waals surface area contributed by atoms with Gasteiger partial charge in [0.15, 0.2) is 11.5 Å². The summed E-state index contributed by atoms with van der Waals surface area (Å²) in [5.41, 5.74) is 3.54. The highest BCUT2D eigenvalue weighted by Crippen LogP contribution is 2.29. The second-order valence-corrected chi connectivity index (χ2v) is 5.74. The van der Waals surface area contributed by atoms with Gasteiger partial charge in [-0.25, -0.2) is 4.98 Å². The summed E-state index contributed by atoms with van der Waals surface area (Å²) in [5.74, 6) is 1.28. The van der Waals surface area contributed by atoms with Gasteiger partial charge in [0.1, 0.15) is 6.61 Å². The topological polar surface area (TPSA) is 51.7 Å². The van der Waals surface area contributed by atoms with Crippen LogP contribution in [0.3, 0.4) is 0 Å². The number of methoxy groups -OCH3 is 1. The highest BCUT2D eigenvalue weighted by atomic mass is 32.1. The summed E-state index contributed by atoms with van der Waals surface area (Å²) >= 11 is 1.53. The first-order valence-electron chi connectivity index (χ1n) is 7.82. The molecule has 0 aliphatic carbocycles. The smallest absolute Gasteiger partial charge is 0.246 e. The summed E-state index contributed by atoms with van der Waals surface area (Å²) in [6.45, 7) is 5.73. The largest absolute Gasteiger partial charge is 0.493 e. The van der Waals surface area contributed by atoms with E-state index in [2.05, 4.69) is 4.98 Å². The fourth-order valence-corrected chi connectivity index (χ4v) is 2.72. The first-order chi connectivity index (χ1) is 11.7. The van der Waals surface area contributed by atoms with Crippen LogP contribution in [-0.4, -0.2) is 36.0 Å². The molecule has 2 aromatic rings. The van der Waals surface area contributed by atoms with Gasteiger partial charge < -0.3 is 14.4 Å². The molecule has 24 heavy (non-hydrogen) atoms. The third-order valence-electron chi connectivity index (χ3n) is 3.54. The zero-order valence-corrected chi connectivity index (χ0v) is 15.0. The van der Waals surface area contributed by atoms with Crippen LogP contribution in [0.15, 0.2) is 35.2 Å². The van der Waals surface area contributed by atoms with Crippen molar-refractivity contribution in [2.45, 2.75) is 20.5 Å². The molecule has 1 heterocycles. The van der Waals surface area contributed by atoms with Crippen molar-refractivity contribution < 1.29 is 14.3 Å². The van der Waals surface area contributed by atoms with Gasteiger partial charge in [-0.3, -0.25) is 4.79 Å². The number of nitrogens with zero attached hydrogens (tertiary/aromatic N) is 2. The lowest BCUT2D eigenvalue weighted by Gasteiger charge is -2.16. The Balaban J connectivity index is 2.06. The van der Waals surface area contributed by atoms with E-state index in [0.717, 1.165) is 11.3 Å². The molecule has 128 valence electrons. The summed E-state index contributed by atoms with van der Waals surface area (Å²) in [5, 5.41) is 1.95. The van der Waals surface area contributed by atoms with Gasteiger partial charge >= 0.3 is 0 Å².